The van der Waals surface area contributed by atoms with Crippen molar-refractivity contribution in [1.29, 1.82) is 0 Å². The van der Waals surface area contributed by atoms with Crippen molar-refractivity contribution in [1.82, 2.24) is 10.2 Å². The lowest BCUT2D eigenvalue weighted by Gasteiger charge is -2.42. The summed E-state index contributed by atoms with van der Waals surface area (Å²) in [4.78, 5) is 2.50. The van der Waals surface area contributed by atoms with Gasteiger partial charge in [0.15, 0.2) is 0 Å². The maximum Gasteiger partial charge on any atom is 0.0831 e. The summed E-state index contributed by atoms with van der Waals surface area (Å²) >= 11 is 0. The van der Waals surface area contributed by atoms with E-state index >= 15 is 0 Å². The maximum atomic E-state index is 9.84. The van der Waals surface area contributed by atoms with Gasteiger partial charge in [-0.2, -0.15) is 0 Å². The zero-order valence-corrected chi connectivity index (χ0v) is 9.24. The smallest absolute Gasteiger partial charge is 0.0831 e. The van der Waals surface area contributed by atoms with Crippen molar-refractivity contribution in [2.75, 3.05) is 19.6 Å². The predicted octanol–water partition coefficient (Wildman–Crippen LogP) is 0.439. The number of aliphatic hydroxyl groups is 1. The molecule has 0 saturated carbocycles. The van der Waals surface area contributed by atoms with Crippen molar-refractivity contribution in [3.05, 3.63) is 0 Å². The molecule has 2 aliphatic heterocycles. The quantitative estimate of drug-likeness (QED) is 0.642. The molecule has 0 spiro atoms. The average molecular weight is 198 g/mol. The van der Waals surface area contributed by atoms with E-state index in [2.05, 4.69) is 24.1 Å². The van der Waals surface area contributed by atoms with Gasteiger partial charge in [-0.05, 0) is 32.2 Å². The van der Waals surface area contributed by atoms with Crippen LogP contribution in [0.3, 0.4) is 0 Å². The van der Waals surface area contributed by atoms with E-state index in [1.165, 1.54) is 12.8 Å². The van der Waals surface area contributed by atoms with Gasteiger partial charge in [0, 0.05) is 25.2 Å². The third kappa shape index (κ3) is 1.81. The number of rotatable bonds is 1. The standard InChI is InChI=1S/C11H22N2O/c1-8-4-3-5-13(9(8)2)10-6-12-7-11(10)14/h8-12,14H,3-7H2,1-2H3/t8?,9?,10-,11-/m1/s1. The predicted molar refractivity (Wildman–Crippen MR) is 57.2 cm³/mol. The lowest BCUT2D eigenvalue weighted by Crippen LogP contribution is -2.52. The second-order valence-electron chi connectivity index (χ2n) is 4.89. The number of likely N-dealkylation sites (tertiary alicyclic amines) is 1. The highest BCUT2D eigenvalue weighted by atomic mass is 16.3. The van der Waals surface area contributed by atoms with Gasteiger partial charge in [-0.1, -0.05) is 6.92 Å². The van der Waals surface area contributed by atoms with E-state index in [-0.39, 0.29) is 6.10 Å². The van der Waals surface area contributed by atoms with Crippen LogP contribution in [0.1, 0.15) is 26.7 Å². The zero-order valence-electron chi connectivity index (χ0n) is 9.24. The molecule has 2 unspecified atom stereocenters. The molecule has 0 radical (unpaired) electrons. The second kappa shape index (κ2) is 4.17. The molecule has 82 valence electrons. The molecular formula is C11H22N2O. The molecule has 3 nitrogen and oxygen atoms in total. The van der Waals surface area contributed by atoms with Crippen LogP contribution in [0.2, 0.25) is 0 Å². The van der Waals surface area contributed by atoms with Gasteiger partial charge >= 0.3 is 0 Å². The molecule has 0 bridgehead atoms. The summed E-state index contributed by atoms with van der Waals surface area (Å²) in [6.07, 6.45) is 2.46. The van der Waals surface area contributed by atoms with Crippen LogP contribution in [-0.2, 0) is 0 Å². The molecule has 4 atom stereocenters. The van der Waals surface area contributed by atoms with Crippen molar-refractivity contribution in [2.45, 2.75) is 44.9 Å². The van der Waals surface area contributed by atoms with Gasteiger partial charge in [0.25, 0.3) is 0 Å². The van der Waals surface area contributed by atoms with Gasteiger partial charge in [0.2, 0.25) is 0 Å². The Bertz CT molecular complexity index is 198. The highest BCUT2D eigenvalue weighted by molar-refractivity contribution is 4.93. The molecule has 2 fully saturated rings. The minimum Gasteiger partial charge on any atom is -0.390 e. The summed E-state index contributed by atoms with van der Waals surface area (Å²) < 4.78 is 0. The van der Waals surface area contributed by atoms with E-state index in [1.807, 2.05) is 0 Å². The largest absolute Gasteiger partial charge is 0.390 e. The molecule has 3 heteroatoms. The van der Waals surface area contributed by atoms with Crippen molar-refractivity contribution < 1.29 is 5.11 Å². The first-order chi connectivity index (χ1) is 6.70. The summed E-state index contributed by atoms with van der Waals surface area (Å²) in [7, 11) is 0. The molecule has 14 heavy (non-hydrogen) atoms. The first-order valence-corrected chi connectivity index (χ1v) is 5.84. The Morgan fingerprint density at radius 3 is 2.71 bits per heavy atom. The van der Waals surface area contributed by atoms with E-state index in [9.17, 15) is 5.11 Å². The van der Waals surface area contributed by atoms with Crippen molar-refractivity contribution in [3.63, 3.8) is 0 Å². The Kier molecular flexibility index (Phi) is 3.10. The zero-order chi connectivity index (χ0) is 10.1. The molecule has 0 aromatic rings. The molecule has 0 amide bonds. The molecule has 2 saturated heterocycles. The third-order valence-corrected chi connectivity index (χ3v) is 4.00. The molecule has 0 aliphatic carbocycles. The summed E-state index contributed by atoms with van der Waals surface area (Å²) in [6, 6.07) is 0.982. The molecule has 2 aliphatic rings. The van der Waals surface area contributed by atoms with Gasteiger partial charge in [-0.25, -0.2) is 0 Å². The number of hydrogen-bond donors (Lipinski definition) is 2. The lowest BCUT2D eigenvalue weighted by molar-refractivity contribution is 0.0201. The highest BCUT2D eigenvalue weighted by Gasteiger charge is 2.36. The molecule has 2 N–H and O–H groups in total. The molecular weight excluding hydrogens is 176 g/mol. The van der Waals surface area contributed by atoms with Crippen LogP contribution in [0, 0.1) is 5.92 Å². The summed E-state index contributed by atoms with van der Waals surface area (Å²) in [5.41, 5.74) is 0. The SMILES string of the molecule is CC1CCCN([C@@H]2CNC[C@H]2O)C1C. The van der Waals surface area contributed by atoms with E-state index < -0.39 is 0 Å². The normalized spacial score (nSPS) is 45.6. The van der Waals surface area contributed by atoms with Crippen LogP contribution in [-0.4, -0.2) is 47.8 Å². The van der Waals surface area contributed by atoms with Crippen molar-refractivity contribution in [2.24, 2.45) is 5.92 Å². The van der Waals surface area contributed by atoms with Gasteiger partial charge in [-0.3, -0.25) is 4.90 Å². The van der Waals surface area contributed by atoms with Crippen molar-refractivity contribution in [3.8, 4) is 0 Å². The van der Waals surface area contributed by atoms with E-state index in [1.54, 1.807) is 0 Å². The fourth-order valence-corrected chi connectivity index (χ4v) is 2.82. The Morgan fingerprint density at radius 1 is 1.29 bits per heavy atom. The van der Waals surface area contributed by atoms with E-state index in [4.69, 9.17) is 0 Å². The first-order valence-electron chi connectivity index (χ1n) is 5.84. The molecule has 0 aromatic heterocycles. The Balaban J connectivity index is 2.01. The summed E-state index contributed by atoms with van der Waals surface area (Å²) in [6.45, 7) is 7.51. The number of nitrogens with one attached hydrogen (secondary N) is 1. The maximum absolute atomic E-state index is 9.84. The monoisotopic (exact) mass is 198 g/mol. The van der Waals surface area contributed by atoms with Crippen LogP contribution in [0.15, 0.2) is 0 Å². The van der Waals surface area contributed by atoms with E-state index in [0.717, 1.165) is 25.6 Å². The van der Waals surface area contributed by atoms with Crippen molar-refractivity contribution >= 4 is 0 Å². The highest BCUT2D eigenvalue weighted by Crippen LogP contribution is 2.26. The average Bonchev–Trinajstić information content (AvgIpc) is 2.57. The number of β-amino-alcohol motifs (C(OH)–C–C–N with tert-alkyl or cyclic N) is 1. The molecule has 2 heterocycles. The summed E-state index contributed by atoms with van der Waals surface area (Å²) in [5.74, 6) is 0.775. The van der Waals surface area contributed by atoms with Crippen LogP contribution < -0.4 is 5.32 Å². The Hall–Kier alpha value is -0.120. The number of aliphatic hydroxyl groups excluding tert-OH is 1. The van der Waals surface area contributed by atoms with Gasteiger partial charge in [-0.15, -0.1) is 0 Å². The summed E-state index contributed by atoms with van der Waals surface area (Å²) in [5, 5.41) is 13.1. The van der Waals surface area contributed by atoms with Crippen LogP contribution in [0.5, 0.6) is 0 Å². The number of nitrogens with zero attached hydrogens (tertiary/aromatic N) is 1. The fraction of sp³-hybridized carbons (Fsp3) is 1.00. The van der Waals surface area contributed by atoms with Crippen LogP contribution >= 0.6 is 0 Å². The van der Waals surface area contributed by atoms with E-state index in [0.29, 0.717) is 12.1 Å². The Labute approximate surface area is 86.5 Å². The minimum absolute atomic E-state index is 0.164. The lowest BCUT2D eigenvalue weighted by atomic mass is 9.90. The molecule has 2 rings (SSSR count). The van der Waals surface area contributed by atoms with Gasteiger partial charge in [0.1, 0.15) is 0 Å². The number of piperidine rings is 1. The first kappa shape index (κ1) is 10.4. The van der Waals surface area contributed by atoms with Gasteiger partial charge < -0.3 is 10.4 Å². The third-order valence-electron chi connectivity index (χ3n) is 4.00. The topological polar surface area (TPSA) is 35.5 Å². The Morgan fingerprint density at radius 2 is 2.07 bits per heavy atom. The second-order valence-corrected chi connectivity index (χ2v) is 4.89. The van der Waals surface area contributed by atoms with Crippen LogP contribution in [0.4, 0.5) is 0 Å². The number of hydrogen-bond acceptors (Lipinski definition) is 3. The minimum atomic E-state index is -0.164. The van der Waals surface area contributed by atoms with Crippen LogP contribution in [0.25, 0.3) is 0 Å². The van der Waals surface area contributed by atoms with Gasteiger partial charge in [0.05, 0.1) is 6.10 Å². The molecule has 0 aromatic carbocycles. The fourth-order valence-electron chi connectivity index (χ4n) is 2.82.